The largest absolute Gasteiger partial charge is 0.486 e. The normalized spacial score (nSPS) is 12.8. The van der Waals surface area contributed by atoms with Crippen LogP contribution in [0.15, 0.2) is 12.1 Å². The number of rotatable bonds is 1. The van der Waals surface area contributed by atoms with Crippen molar-refractivity contribution < 1.29 is 9.47 Å². The van der Waals surface area contributed by atoms with Crippen LogP contribution in [-0.4, -0.2) is 23.2 Å². The standard InChI is InChI=1S/C10H11N3O2.2ClH/c11-5-10-12-6-3-8-9(4-7(6)13-10)15-2-1-14-8;;/h3-4H,1-2,5,11H2,(H,12,13);2*1H. The van der Waals surface area contributed by atoms with E-state index in [1.807, 2.05) is 12.1 Å². The Labute approximate surface area is 111 Å². The maximum absolute atomic E-state index is 5.51. The maximum atomic E-state index is 5.51. The van der Waals surface area contributed by atoms with Gasteiger partial charge in [-0.25, -0.2) is 4.98 Å². The van der Waals surface area contributed by atoms with Gasteiger partial charge in [0.15, 0.2) is 11.5 Å². The van der Waals surface area contributed by atoms with Gasteiger partial charge >= 0.3 is 0 Å². The van der Waals surface area contributed by atoms with Crippen molar-refractivity contribution in [1.82, 2.24) is 9.97 Å². The number of aromatic amines is 1. The Bertz CT molecular complexity index is 472. The van der Waals surface area contributed by atoms with Gasteiger partial charge in [-0.2, -0.15) is 0 Å². The first kappa shape index (κ1) is 13.9. The number of imidazole rings is 1. The molecule has 5 nitrogen and oxygen atoms in total. The highest BCUT2D eigenvalue weighted by Crippen LogP contribution is 2.33. The third-order valence-corrected chi connectivity index (χ3v) is 2.39. The number of nitrogens with one attached hydrogen (secondary N) is 1. The molecule has 0 saturated heterocycles. The molecule has 0 fully saturated rings. The first-order chi connectivity index (χ1) is 7.36. The number of hydrogen-bond donors (Lipinski definition) is 2. The van der Waals surface area contributed by atoms with Crippen molar-refractivity contribution in [1.29, 1.82) is 0 Å². The Kier molecular flexibility index (Phi) is 4.45. The van der Waals surface area contributed by atoms with E-state index in [9.17, 15) is 0 Å². The van der Waals surface area contributed by atoms with Gasteiger partial charge in [0.05, 0.1) is 17.6 Å². The van der Waals surface area contributed by atoms with E-state index in [0.29, 0.717) is 19.8 Å². The lowest BCUT2D eigenvalue weighted by molar-refractivity contribution is 0.172. The molecule has 0 unspecified atom stereocenters. The highest BCUT2D eigenvalue weighted by Gasteiger charge is 2.14. The van der Waals surface area contributed by atoms with Gasteiger partial charge in [0, 0.05) is 12.1 Å². The average molecular weight is 278 g/mol. The molecule has 1 aliphatic heterocycles. The summed E-state index contributed by atoms with van der Waals surface area (Å²) in [5, 5.41) is 0. The molecule has 0 spiro atoms. The number of benzene rings is 1. The van der Waals surface area contributed by atoms with Crippen molar-refractivity contribution in [3.63, 3.8) is 0 Å². The molecule has 0 bridgehead atoms. The summed E-state index contributed by atoms with van der Waals surface area (Å²) in [5.41, 5.74) is 7.30. The molecule has 2 heterocycles. The molecule has 0 atom stereocenters. The molecular formula is C10H13Cl2N3O2. The molecule has 0 saturated carbocycles. The van der Waals surface area contributed by atoms with Crippen LogP contribution < -0.4 is 15.2 Å². The molecule has 1 aliphatic rings. The predicted molar refractivity (Wildman–Crippen MR) is 69.5 cm³/mol. The zero-order chi connectivity index (χ0) is 10.3. The molecular weight excluding hydrogens is 265 g/mol. The van der Waals surface area contributed by atoms with Gasteiger partial charge in [-0.15, -0.1) is 24.8 Å². The van der Waals surface area contributed by atoms with Gasteiger partial charge in [0.1, 0.15) is 19.0 Å². The van der Waals surface area contributed by atoms with Crippen LogP contribution in [-0.2, 0) is 6.54 Å². The number of nitrogens with zero attached hydrogens (tertiary/aromatic N) is 1. The minimum atomic E-state index is 0. The summed E-state index contributed by atoms with van der Waals surface area (Å²) in [6.07, 6.45) is 0. The third kappa shape index (κ3) is 2.41. The molecule has 2 aromatic rings. The molecule has 1 aromatic carbocycles. The Hall–Kier alpha value is -1.17. The minimum Gasteiger partial charge on any atom is -0.486 e. The Morgan fingerprint density at radius 2 is 1.82 bits per heavy atom. The van der Waals surface area contributed by atoms with E-state index in [4.69, 9.17) is 15.2 Å². The van der Waals surface area contributed by atoms with Crippen LogP contribution in [0.25, 0.3) is 11.0 Å². The number of H-pyrrole nitrogens is 1. The van der Waals surface area contributed by atoms with Gasteiger partial charge < -0.3 is 20.2 Å². The monoisotopic (exact) mass is 277 g/mol. The van der Waals surface area contributed by atoms with E-state index in [2.05, 4.69) is 9.97 Å². The average Bonchev–Trinajstić information content (AvgIpc) is 2.67. The lowest BCUT2D eigenvalue weighted by Gasteiger charge is -2.17. The van der Waals surface area contributed by atoms with E-state index in [1.54, 1.807) is 0 Å². The van der Waals surface area contributed by atoms with E-state index in [1.165, 1.54) is 0 Å². The zero-order valence-corrected chi connectivity index (χ0v) is 10.6. The van der Waals surface area contributed by atoms with Gasteiger partial charge in [0.25, 0.3) is 0 Å². The third-order valence-electron chi connectivity index (χ3n) is 2.39. The topological polar surface area (TPSA) is 73.2 Å². The summed E-state index contributed by atoms with van der Waals surface area (Å²) < 4.78 is 10.9. The van der Waals surface area contributed by atoms with Gasteiger partial charge in [-0.3, -0.25) is 0 Å². The van der Waals surface area contributed by atoms with Crippen molar-refractivity contribution in [3.8, 4) is 11.5 Å². The fraction of sp³-hybridized carbons (Fsp3) is 0.300. The Morgan fingerprint density at radius 3 is 2.47 bits per heavy atom. The van der Waals surface area contributed by atoms with Crippen LogP contribution in [0.3, 0.4) is 0 Å². The highest BCUT2D eigenvalue weighted by atomic mass is 35.5. The summed E-state index contributed by atoms with van der Waals surface area (Å²) in [5.74, 6) is 2.29. The van der Waals surface area contributed by atoms with Crippen LogP contribution in [0.2, 0.25) is 0 Å². The number of ether oxygens (including phenoxy) is 2. The van der Waals surface area contributed by atoms with Crippen LogP contribution in [0, 0.1) is 0 Å². The molecule has 0 amide bonds. The van der Waals surface area contributed by atoms with Crippen molar-refractivity contribution >= 4 is 35.8 Å². The summed E-state index contributed by atoms with van der Waals surface area (Å²) in [6.45, 7) is 1.59. The SMILES string of the molecule is Cl.Cl.NCc1nc2cc3c(cc2[nH]1)OCCO3. The molecule has 0 aliphatic carbocycles. The molecule has 3 N–H and O–H groups in total. The molecule has 0 radical (unpaired) electrons. The first-order valence-corrected chi connectivity index (χ1v) is 4.85. The second-order valence-electron chi connectivity index (χ2n) is 3.40. The summed E-state index contributed by atoms with van der Waals surface area (Å²) >= 11 is 0. The van der Waals surface area contributed by atoms with Crippen molar-refractivity contribution in [2.75, 3.05) is 13.2 Å². The second kappa shape index (κ2) is 5.44. The summed E-state index contributed by atoms with van der Waals surface area (Å²) in [6, 6.07) is 3.77. The number of halogens is 2. The van der Waals surface area contributed by atoms with Crippen LogP contribution in [0.1, 0.15) is 5.82 Å². The highest BCUT2D eigenvalue weighted by molar-refractivity contribution is 5.85. The Morgan fingerprint density at radius 1 is 1.18 bits per heavy atom. The second-order valence-corrected chi connectivity index (χ2v) is 3.40. The van der Waals surface area contributed by atoms with E-state index >= 15 is 0 Å². The van der Waals surface area contributed by atoms with E-state index in [-0.39, 0.29) is 24.8 Å². The number of nitrogens with two attached hydrogens (primary N) is 1. The fourth-order valence-electron chi connectivity index (χ4n) is 1.70. The quantitative estimate of drug-likeness (QED) is 0.831. The van der Waals surface area contributed by atoms with Crippen LogP contribution in [0.5, 0.6) is 11.5 Å². The number of fused-ring (bicyclic) bond motifs is 2. The van der Waals surface area contributed by atoms with Gasteiger partial charge in [-0.1, -0.05) is 0 Å². The predicted octanol–water partition coefficient (Wildman–Crippen LogP) is 1.64. The lowest BCUT2D eigenvalue weighted by Crippen LogP contribution is -2.15. The zero-order valence-electron chi connectivity index (χ0n) is 8.93. The summed E-state index contributed by atoms with van der Waals surface area (Å²) in [7, 11) is 0. The van der Waals surface area contributed by atoms with Gasteiger partial charge in [0.2, 0.25) is 0 Å². The maximum Gasteiger partial charge on any atom is 0.163 e. The fourth-order valence-corrected chi connectivity index (χ4v) is 1.70. The van der Waals surface area contributed by atoms with Gasteiger partial charge in [-0.05, 0) is 0 Å². The molecule has 3 rings (SSSR count). The molecule has 1 aromatic heterocycles. The molecule has 17 heavy (non-hydrogen) atoms. The van der Waals surface area contributed by atoms with Crippen molar-refractivity contribution in [3.05, 3.63) is 18.0 Å². The first-order valence-electron chi connectivity index (χ1n) is 4.85. The number of aromatic nitrogens is 2. The number of hydrogen-bond acceptors (Lipinski definition) is 4. The van der Waals surface area contributed by atoms with Crippen molar-refractivity contribution in [2.24, 2.45) is 5.73 Å². The molecule has 94 valence electrons. The minimum absolute atomic E-state index is 0. The molecule has 7 heteroatoms. The van der Waals surface area contributed by atoms with Crippen molar-refractivity contribution in [2.45, 2.75) is 6.54 Å². The van der Waals surface area contributed by atoms with E-state index < -0.39 is 0 Å². The van der Waals surface area contributed by atoms with Crippen LogP contribution in [0.4, 0.5) is 0 Å². The van der Waals surface area contributed by atoms with E-state index in [0.717, 1.165) is 28.4 Å². The Balaban J connectivity index is 0.000000722. The lowest BCUT2D eigenvalue weighted by atomic mass is 10.2. The summed E-state index contributed by atoms with van der Waals surface area (Å²) in [4.78, 5) is 7.45. The van der Waals surface area contributed by atoms with Crippen LogP contribution >= 0.6 is 24.8 Å². The smallest absolute Gasteiger partial charge is 0.163 e.